The monoisotopic (exact) mass is 374 g/mol. The highest BCUT2D eigenvalue weighted by Crippen LogP contribution is 2.49. The first-order valence-electron chi connectivity index (χ1n) is 9.35. The zero-order chi connectivity index (χ0) is 19.4. The van der Waals surface area contributed by atoms with Crippen LogP contribution in [0.2, 0.25) is 0 Å². The summed E-state index contributed by atoms with van der Waals surface area (Å²) in [5.41, 5.74) is 0.935. The molecule has 2 saturated carbocycles. The molecule has 2 aliphatic carbocycles. The summed E-state index contributed by atoms with van der Waals surface area (Å²) in [6, 6.07) is 4.91. The van der Waals surface area contributed by atoms with Crippen LogP contribution in [0.25, 0.3) is 0 Å². The molecule has 0 unspecified atom stereocenters. The summed E-state index contributed by atoms with van der Waals surface area (Å²) in [5, 5.41) is 5.30. The van der Waals surface area contributed by atoms with Crippen LogP contribution in [0.5, 0.6) is 5.75 Å². The highest BCUT2D eigenvalue weighted by Gasteiger charge is 2.40. The van der Waals surface area contributed by atoms with Gasteiger partial charge in [0.2, 0.25) is 5.91 Å². The Morgan fingerprint density at radius 1 is 1.15 bits per heavy atom. The van der Waals surface area contributed by atoms with Gasteiger partial charge >= 0.3 is 5.97 Å². The van der Waals surface area contributed by atoms with Gasteiger partial charge < -0.3 is 20.1 Å². The maximum absolute atomic E-state index is 12.2. The quantitative estimate of drug-likeness (QED) is 0.716. The second kappa shape index (κ2) is 8.41. The highest BCUT2D eigenvalue weighted by atomic mass is 16.5. The van der Waals surface area contributed by atoms with Crippen molar-refractivity contribution in [2.45, 2.75) is 39.0 Å². The van der Waals surface area contributed by atoms with Crippen molar-refractivity contribution in [3.63, 3.8) is 0 Å². The van der Waals surface area contributed by atoms with E-state index in [-0.39, 0.29) is 18.5 Å². The van der Waals surface area contributed by atoms with Gasteiger partial charge in [0.05, 0.1) is 12.8 Å². The van der Waals surface area contributed by atoms with E-state index in [9.17, 15) is 14.4 Å². The number of anilines is 2. The first-order valence-corrected chi connectivity index (χ1v) is 9.35. The van der Waals surface area contributed by atoms with Crippen molar-refractivity contribution < 1.29 is 23.9 Å². The summed E-state index contributed by atoms with van der Waals surface area (Å²) in [4.78, 5) is 35.4. The van der Waals surface area contributed by atoms with Crippen molar-refractivity contribution in [1.82, 2.24) is 0 Å². The minimum atomic E-state index is -0.449. The molecule has 2 amide bonds. The van der Waals surface area contributed by atoms with E-state index in [1.165, 1.54) is 33.3 Å². The van der Waals surface area contributed by atoms with Crippen LogP contribution in [0.3, 0.4) is 0 Å². The molecule has 0 heterocycles. The average Bonchev–Trinajstić information content (AvgIpc) is 3.23. The number of carbonyl (C=O) groups excluding carboxylic acids is 3. The molecule has 1 aromatic carbocycles. The van der Waals surface area contributed by atoms with E-state index < -0.39 is 5.91 Å². The average molecular weight is 374 g/mol. The Balaban J connectivity index is 1.49. The molecule has 146 valence electrons. The Morgan fingerprint density at radius 2 is 1.96 bits per heavy atom. The predicted octanol–water partition coefficient (Wildman–Crippen LogP) is 2.96. The Hall–Kier alpha value is -2.57. The number of ether oxygens (including phenoxy) is 2. The smallest absolute Gasteiger partial charge is 0.306 e. The van der Waals surface area contributed by atoms with Crippen LogP contribution >= 0.6 is 0 Å². The lowest BCUT2D eigenvalue weighted by atomic mass is 9.86. The van der Waals surface area contributed by atoms with Gasteiger partial charge in [-0.2, -0.15) is 0 Å². The fourth-order valence-electron chi connectivity index (χ4n) is 4.32. The van der Waals surface area contributed by atoms with Crippen LogP contribution in [0, 0.1) is 17.8 Å². The lowest BCUT2D eigenvalue weighted by Crippen LogP contribution is -2.23. The second-order valence-corrected chi connectivity index (χ2v) is 7.44. The molecule has 3 atom stereocenters. The van der Waals surface area contributed by atoms with Gasteiger partial charge in [0.15, 0.2) is 6.61 Å². The van der Waals surface area contributed by atoms with Crippen molar-refractivity contribution >= 4 is 29.2 Å². The third-order valence-electron chi connectivity index (χ3n) is 5.47. The summed E-state index contributed by atoms with van der Waals surface area (Å²) in [6.07, 6.45) is 5.25. The molecule has 7 nitrogen and oxygen atoms in total. The predicted molar refractivity (Wildman–Crippen MR) is 100 cm³/mol. The van der Waals surface area contributed by atoms with Crippen molar-refractivity contribution in [2.75, 3.05) is 24.4 Å². The van der Waals surface area contributed by atoms with Crippen LogP contribution in [0.15, 0.2) is 18.2 Å². The summed E-state index contributed by atoms with van der Waals surface area (Å²) < 4.78 is 10.4. The summed E-state index contributed by atoms with van der Waals surface area (Å²) in [6.45, 7) is 1.06. The number of nitrogens with one attached hydrogen (secondary N) is 2. The van der Waals surface area contributed by atoms with E-state index in [2.05, 4.69) is 10.6 Å². The van der Waals surface area contributed by atoms with Crippen LogP contribution in [-0.2, 0) is 19.1 Å². The zero-order valence-electron chi connectivity index (χ0n) is 15.7. The summed E-state index contributed by atoms with van der Waals surface area (Å²) in [5.74, 6) is 1.30. The first kappa shape index (κ1) is 19.2. The molecule has 0 radical (unpaired) electrons. The molecule has 2 bridgehead atoms. The van der Waals surface area contributed by atoms with Gasteiger partial charge in [-0.05, 0) is 55.2 Å². The van der Waals surface area contributed by atoms with E-state index in [0.29, 0.717) is 35.4 Å². The van der Waals surface area contributed by atoms with Gasteiger partial charge in [-0.25, -0.2) is 0 Å². The Labute approximate surface area is 158 Å². The minimum absolute atomic E-state index is 0.216. The van der Waals surface area contributed by atoms with E-state index >= 15 is 0 Å². The van der Waals surface area contributed by atoms with Crippen molar-refractivity contribution in [3.05, 3.63) is 18.2 Å². The SMILES string of the molecule is COc1ccc(NC(C)=O)cc1NC(=O)COC(=O)C[C@@H]1C[C@H]2CC[C@@H]1C2. The number of methoxy groups -OCH3 is 1. The lowest BCUT2D eigenvalue weighted by Gasteiger charge is -2.20. The van der Waals surface area contributed by atoms with Crippen molar-refractivity contribution in [3.8, 4) is 5.75 Å². The summed E-state index contributed by atoms with van der Waals surface area (Å²) >= 11 is 0. The van der Waals surface area contributed by atoms with Crippen LogP contribution < -0.4 is 15.4 Å². The molecule has 2 N–H and O–H groups in total. The van der Waals surface area contributed by atoms with E-state index in [0.717, 1.165) is 12.3 Å². The standard InChI is InChI=1S/C20H26N2O5/c1-12(23)21-16-5-6-18(26-2)17(10-16)22-19(24)11-27-20(25)9-15-8-13-3-4-14(15)7-13/h5-6,10,13-15H,3-4,7-9,11H2,1-2H3,(H,21,23)(H,22,24)/t13-,14+,15-/m0/s1. The molecule has 7 heteroatoms. The molecule has 0 spiro atoms. The van der Waals surface area contributed by atoms with Gasteiger partial charge in [-0.15, -0.1) is 0 Å². The van der Waals surface area contributed by atoms with E-state index in [1.54, 1.807) is 18.2 Å². The second-order valence-electron chi connectivity index (χ2n) is 7.44. The largest absolute Gasteiger partial charge is 0.495 e. The van der Waals surface area contributed by atoms with Crippen molar-refractivity contribution in [1.29, 1.82) is 0 Å². The van der Waals surface area contributed by atoms with Gasteiger partial charge in [0.1, 0.15) is 5.75 Å². The first-order chi connectivity index (χ1) is 12.9. The zero-order valence-corrected chi connectivity index (χ0v) is 15.7. The van der Waals surface area contributed by atoms with E-state index in [1.807, 2.05) is 0 Å². The van der Waals surface area contributed by atoms with E-state index in [4.69, 9.17) is 9.47 Å². The number of fused-ring (bicyclic) bond motifs is 2. The fraction of sp³-hybridized carbons (Fsp3) is 0.550. The number of hydrogen-bond acceptors (Lipinski definition) is 5. The van der Waals surface area contributed by atoms with Crippen LogP contribution in [0.4, 0.5) is 11.4 Å². The Bertz CT molecular complexity index is 733. The molecule has 0 aromatic heterocycles. The van der Waals surface area contributed by atoms with Crippen LogP contribution in [0.1, 0.15) is 39.0 Å². The topological polar surface area (TPSA) is 93.7 Å². The van der Waals surface area contributed by atoms with Gasteiger partial charge in [0.25, 0.3) is 5.91 Å². The summed E-state index contributed by atoms with van der Waals surface area (Å²) in [7, 11) is 1.48. The number of esters is 1. The number of amides is 2. The number of rotatable bonds is 7. The maximum atomic E-state index is 12.2. The Morgan fingerprint density at radius 3 is 2.59 bits per heavy atom. The van der Waals surface area contributed by atoms with Gasteiger partial charge in [-0.1, -0.05) is 6.42 Å². The van der Waals surface area contributed by atoms with Gasteiger partial charge in [-0.3, -0.25) is 14.4 Å². The molecular formula is C20H26N2O5. The normalized spacial score (nSPS) is 23.0. The lowest BCUT2D eigenvalue weighted by molar-refractivity contribution is -0.148. The van der Waals surface area contributed by atoms with Crippen LogP contribution in [-0.4, -0.2) is 31.5 Å². The molecule has 2 aliphatic rings. The molecule has 27 heavy (non-hydrogen) atoms. The molecule has 0 aliphatic heterocycles. The number of benzene rings is 1. The molecular weight excluding hydrogens is 348 g/mol. The highest BCUT2D eigenvalue weighted by molar-refractivity contribution is 5.96. The number of hydrogen-bond donors (Lipinski definition) is 2. The molecule has 0 saturated heterocycles. The Kier molecular flexibility index (Phi) is 5.98. The minimum Gasteiger partial charge on any atom is -0.495 e. The fourth-order valence-corrected chi connectivity index (χ4v) is 4.32. The molecule has 2 fully saturated rings. The van der Waals surface area contributed by atoms with Crippen molar-refractivity contribution in [2.24, 2.45) is 17.8 Å². The number of carbonyl (C=O) groups is 3. The third kappa shape index (κ3) is 4.99. The van der Waals surface area contributed by atoms with Gasteiger partial charge in [0, 0.05) is 19.0 Å². The molecule has 3 rings (SSSR count). The molecule has 1 aromatic rings. The maximum Gasteiger partial charge on any atom is 0.306 e. The third-order valence-corrected chi connectivity index (χ3v) is 5.47.